The minimum absolute atomic E-state index is 0.00399. The van der Waals surface area contributed by atoms with Crippen molar-refractivity contribution in [2.24, 2.45) is 5.92 Å². The predicted molar refractivity (Wildman–Crippen MR) is 145 cm³/mol. The number of fused-ring (bicyclic) bond motifs is 1. The zero-order valence-electron chi connectivity index (χ0n) is 21.7. The number of likely N-dealkylation sites (tertiary alicyclic amines) is 1. The third kappa shape index (κ3) is 6.20. The van der Waals surface area contributed by atoms with E-state index >= 15 is 0 Å². The molecule has 2 aliphatic heterocycles. The molecular formula is C27H35ClN2O7S. The normalized spacial score (nSPS) is 21.2. The van der Waals surface area contributed by atoms with E-state index in [2.05, 4.69) is 4.90 Å². The molecule has 2 aromatic carbocycles. The van der Waals surface area contributed by atoms with Gasteiger partial charge in [-0.15, -0.1) is 11.6 Å². The largest absolute Gasteiger partial charge is 0.497 e. The Morgan fingerprint density at radius 2 is 1.84 bits per heavy atom. The Kier molecular flexibility index (Phi) is 9.40. The highest BCUT2D eigenvalue weighted by atomic mass is 35.5. The summed E-state index contributed by atoms with van der Waals surface area (Å²) in [5, 5.41) is 10.5. The molecule has 0 aliphatic carbocycles. The van der Waals surface area contributed by atoms with Gasteiger partial charge in [-0.1, -0.05) is 25.1 Å². The van der Waals surface area contributed by atoms with Gasteiger partial charge in [-0.05, 0) is 48.2 Å². The second kappa shape index (κ2) is 12.5. The summed E-state index contributed by atoms with van der Waals surface area (Å²) in [5.74, 6) is 0.203. The number of aliphatic carboxylic acids is 1. The molecule has 2 aliphatic rings. The average molecular weight is 567 g/mol. The number of carboxylic acid groups (broad SMARTS) is 1. The van der Waals surface area contributed by atoms with Crippen LogP contribution >= 0.6 is 11.6 Å². The molecule has 38 heavy (non-hydrogen) atoms. The van der Waals surface area contributed by atoms with Crippen LogP contribution in [0.5, 0.6) is 17.2 Å². The van der Waals surface area contributed by atoms with Gasteiger partial charge in [0.2, 0.25) is 16.8 Å². The van der Waals surface area contributed by atoms with Crippen LogP contribution in [-0.4, -0.2) is 80.4 Å². The van der Waals surface area contributed by atoms with Crippen molar-refractivity contribution < 1.29 is 32.5 Å². The molecule has 1 N–H and O–H groups in total. The molecule has 0 unspecified atom stereocenters. The first kappa shape index (κ1) is 28.5. The summed E-state index contributed by atoms with van der Waals surface area (Å²) >= 11 is 5.76. The van der Waals surface area contributed by atoms with E-state index in [4.69, 9.17) is 25.8 Å². The van der Waals surface area contributed by atoms with Crippen LogP contribution in [0.1, 0.15) is 42.9 Å². The van der Waals surface area contributed by atoms with Gasteiger partial charge in [0.1, 0.15) is 5.75 Å². The van der Waals surface area contributed by atoms with E-state index in [-0.39, 0.29) is 30.9 Å². The maximum Gasteiger partial charge on any atom is 0.309 e. The van der Waals surface area contributed by atoms with Gasteiger partial charge in [-0.3, -0.25) is 9.69 Å². The predicted octanol–water partition coefficient (Wildman–Crippen LogP) is 3.94. The Labute approximate surface area is 229 Å². The van der Waals surface area contributed by atoms with Gasteiger partial charge < -0.3 is 19.3 Å². The number of halogens is 1. The number of hydrogen-bond acceptors (Lipinski definition) is 7. The third-order valence-electron chi connectivity index (χ3n) is 7.20. The molecule has 9 nitrogen and oxygen atoms in total. The number of sulfonamides is 1. The molecule has 0 aromatic heterocycles. The van der Waals surface area contributed by atoms with Crippen molar-refractivity contribution in [1.82, 2.24) is 9.21 Å². The summed E-state index contributed by atoms with van der Waals surface area (Å²) in [7, 11) is -1.89. The van der Waals surface area contributed by atoms with Gasteiger partial charge in [0.25, 0.3) is 0 Å². The van der Waals surface area contributed by atoms with E-state index in [1.165, 1.54) is 4.31 Å². The number of benzene rings is 2. The van der Waals surface area contributed by atoms with Crippen LogP contribution in [0.2, 0.25) is 0 Å². The van der Waals surface area contributed by atoms with E-state index in [1.807, 2.05) is 49.4 Å². The number of ether oxygens (including phenoxy) is 3. The monoisotopic (exact) mass is 566 g/mol. The van der Waals surface area contributed by atoms with Crippen molar-refractivity contribution in [1.29, 1.82) is 0 Å². The number of nitrogens with zero attached hydrogens (tertiary/aromatic N) is 2. The fraction of sp³-hybridized carbons (Fsp3) is 0.519. The fourth-order valence-electron chi connectivity index (χ4n) is 5.39. The maximum absolute atomic E-state index is 13.0. The van der Waals surface area contributed by atoms with Gasteiger partial charge in [-0.25, -0.2) is 12.7 Å². The van der Waals surface area contributed by atoms with Crippen LogP contribution in [0.15, 0.2) is 42.5 Å². The van der Waals surface area contributed by atoms with E-state index in [0.29, 0.717) is 49.7 Å². The number of hydrogen-bond donors (Lipinski definition) is 1. The number of carboxylic acids is 1. The zero-order chi connectivity index (χ0) is 27.3. The van der Waals surface area contributed by atoms with Crippen LogP contribution in [0.25, 0.3) is 0 Å². The van der Waals surface area contributed by atoms with E-state index in [9.17, 15) is 18.3 Å². The van der Waals surface area contributed by atoms with E-state index < -0.39 is 28.0 Å². The molecular weight excluding hydrogens is 532 g/mol. The molecule has 1 fully saturated rings. The van der Waals surface area contributed by atoms with E-state index in [1.54, 1.807) is 7.11 Å². The van der Waals surface area contributed by atoms with Gasteiger partial charge in [0.05, 0.1) is 18.8 Å². The molecule has 3 atom stereocenters. The molecule has 4 rings (SSSR count). The number of carbonyl (C=O) groups is 1. The molecule has 0 bridgehead atoms. The summed E-state index contributed by atoms with van der Waals surface area (Å²) in [6.45, 7) is 3.59. The van der Waals surface area contributed by atoms with Crippen molar-refractivity contribution >= 4 is 27.6 Å². The summed E-state index contributed by atoms with van der Waals surface area (Å²) in [4.78, 5) is 14.9. The highest BCUT2D eigenvalue weighted by Gasteiger charge is 2.47. The SMILES string of the molecule is CCCN(CCN1C[C@H](c2ccc3c(c2)OCO3)[C@@H](C(=O)O)[C@@H]1c1ccc(OC)cc1)S(=O)(=O)CCCCl. The van der Waals surface area contributed by atoms with Crippen molar-refractivity contribution in [3.05, 3.63) is 53.6 Å². The Morgan fingerprint density at radius 1 is 1.13 bits per heavy atom. The van der Waals surface area contributed by atoms with Crippen molar-refractivity contribution in [3.63, 3.8) is 0 Å². The number of methoxy groups -OCH3 is 1. The Morgan fingerprint density at radius 3 is 2.50 bits per heavy atom. The highest BCUT2D eigenvalue weighted by Crippen LogP contribution is 2.47. The van der Waals surface area contributed by atoms with Gasteiger partial charge >= 0.3 is 5.97 Å². The minimum atomic E-state index is -3.47. The topological polar surface area (TPSA) is 106 Å². The third-order valence-corrected chi connectivity index (χ3v) is 9.43. The first-order valence-electron chi connectivity index (χ1n) is 12.8. The van der Waals surface area contributed by atoms with Crippen LogP contribution in [0.4, 0.5) is 0 Å². The molecule has 0 saturated carbocycles. The summed E-state index contributed by atoms with van der Waals surface area (Å²) in [5.41, 5.74) is 1.69. The van der Waals surface area contributed by atoms with Gasteiger partial charge in [0, 0.05) is 44.0 Å². The molecule has 1 saturated heterocycles. The smallest absolute Gasteiger partial charge is 0.309 e. The van der Waals surface area contributed by atoms with Crippen LogP contribution < -0.4 is 14.2 Å². The van der Waals surface area contributed by atoms with Crippen molar-refractivity contribution in [3.8, 4) is 17.2 Å². The average Bonchev–Trinajstić information content (AvgIpc) is 3.54. The second-order valence-corrected chi connectivity index (χ2v) is 12.0. The lowest BCUT2D eigenvalue weighted by Gasteiger charge is -2.30. The molecule has 2 heterocycles. The van der Waals surface area contributed by atoms with Gasteiger partial charge in [-0.2, -0.15) is 0 Å². The first-order chi connectivity index (χ1) is 18.3. The number of alkyl halides is 1. The molecule has 11 heteroatoms. The Bertz CT molecular complexity index is 1210. The minimum Gasteiger partial charge on any atom is -0.497 e. The van der Waals surface area contributed by atoms with Crippen LogP contribution in [-0.2, 0) is 14.8 Å². The Balaban J connectivity index is 1.66. The number of rotatable bonds is 13. The van der Waals surface area contributed by atoms with Crippen LogP contribution in [0.3, 0.4) is 0 Å². The summed E-state index contributed by atoms with van der Waals surface area (Å²) in [6, 6.07) is 12.5. The second-order valence-electron chi connectivity index (χ2n) is 9.55. The molecule has 208 valence electrons. The standard InChI is InChI=1S/C27H35ClN2O7S/c1-3-12-30(38(33,34)15-4-11-28)14-13-29-17-22(20-7-10-23-24(16-20)37-18-36-23)25(27(31)32)26(29)19-5-8-21(35-2)9-6-19/h5-10,16,22,25-26H,3-4,11-15,17-18H2,1-2H3,(H,31,32)/t22-,25-,26+/m1/s1. The highest BCUT2D eigenvalue weighted by molar-refractivity contribution is 7.89. The van der Waals surface area contributed by atoms with Gasteiger partial charge in [0.15, 0.2) is 11.5 Å². The lowest BCUT2D eigenvalue weighted by Crippen LogP contribution is -2.40. The maximum atomic E-state index is 13.0. The molecule has 2 aromatic rings. The molecule has 0 spiro atoms. The van der Waals surface area contributed by atoms with Crippen LogP contribution in [0, 0.1) is 5.92 Å². The first-order valence-corrected chi connectivity index (χ1v) is 15.0. The lowest BCUT2D eigenvalue weighted by molar-refractivity contribution is -0.143. The summed E-state index contributed by atoms with van der Waals surface area (Å²) in [6.07, 6.45) is 1.06. The summed E-state index contributed by atoms with van der Waals surface area (Å²) < 4.78 is 43.8. The van der Waals surface area contributed by atoms with E-state index in [0.717, 1.165) is 11.1 Å². The molecule has 0 radical (unpaired) electrons. The molecule has 0 amide bonds. The zero-order valence-corrected chi connectivity index (χ0v) is 23.3. The quantitative estimate of drug-likeness (QED) is 0.364. The van der Waals surface area contributed by atoms with Crippen molar-refractivity contribution in [2.45, 2.75) is 31.7 Å². The fourth-order valence-corrected chi connectivity index (χ4v) is 7.27. The van der Waals surface area contributed by atoms with Crippen molar-refractivity contribution in [2.75, 3.05) is 51.7 Å². The Hall–Kier alpha value is -2.53. The lowest BCUT2D eigenvalue weighted by atomic mass is 9.82.